The molecule has 0 spiro atoms. The third-order valence-electron chi connectivity index (χ3n) is 6.32. The molecule has 8 heteroatoms. The molecule has 1 unspecified atom stereocenters. The van der Waals surface area contributed by atoms with Gasteiger partial charge in [0.25, 0.3) is 0 Å². The predicted octanol–water partition coefficient (Wildman–Crippen LogP) is 1.87. The van der Waals surface area contributed by atoms with E-state index < -0.39 is 0 Å². The Bertz CT molecular complexity index is 671. The minimum atomic E-state index is 0.187. The van der Waals surface area contributed by atoms with E-state index in [2.05, 4.69) is 22.5 Å². The fraction of sp³-hybridized carbons (Fsp3) is 0.739. The van der Waals surface area contributed by atoms with Crippen molar-refractivity contribution in [3.8, 4) is 0 Å². The number of nitrogens with one attached hydrogen (secondary N) is 2. The summed E-state index contributed by atoms with van der Waals surface area (Å²) in [6.07, 6.45) is 7.35. The lowest BCUT2D eigenvalue weighted by atomic mass is 10.0. The summed E-state index contributed by atoms with van der Waals surface area (Å²) in [5, 5.41) is 7.11. The Hall–Kier alpha value is -2.06. The number of ether oxygens (including phenoxy) is 1. The van der Waals surface area contributed by atoms with Gasteiger partial charge in [-0.2, -0.15) is 0 Å². The normalized spacial score (nSPS) is 20.9. The lowest BCUT2D eigenvalue weighted by Gasteiger charge is -2.33. The van der Waals surface area contributed by atoms with E-state index in [1.54, 1.807) is 13.4 Å². The Morgan fingerprint density at radius 2 is 2.13 bits per heavy atom. The summed E-state index contributed by atoms with van der Waals surface area (Å²) in [6.45, 7) is 8.14. The fourth-order valence-corrected chi connectivity index (χ4v) is 4.44. The summed E-state index contributed by atoms with van der Waals surface area (Å²) < 4.78 is 10.5. The van der Waals surface area contributed by atoms with Gasteiger partial charge in [0.05, 0.1) is 25.8 Å². The SMILES string of the molecule is CCN1CCCC1CN=C(NCCc1ccco1)NC1CCN(C(=O)CCOC)CC1. The number of carbonyl (C=O) groups excluding carboxylic acids is 1. The molecular weight excluding hydrogens is 394 g/mol. The number of guanidine groups is 1. The first-order chi connectivity index (χ1) is 15.2. The molecule has 0 bridgehead atoms. The summed E-state index contributed by atoms with van der Waals surface area (Å²) in [5.41, 5.74) is 0. The summed E-state index contributed by atoms with van der Waals surface area (Å²) in [5.74, 6) is 2.04. The van der Waals surface area contributed by atoms with E-state index in [-0.39, 0.29) is 5.91 Å². The molecule has 1 amide bonds. The van der Waals surface area contributed by atoms with Crippen LogP contribution in [-0.2, 0) is 16.0 Å². The molecule has 2 aliphatic rings. The second-order valence-electron chi connectivity index (χ2n) is 8.41. The maximum Gasteiger partial charge on any atom is 0.224 e. The second-order valence-corrected chi connectivity index (χ2v) is 8.41. The molecule has 1 aromatic rings. The number of likely N-dealkylation sites (N-methyl/N-ethyl adjacent to an activating group) is 1. The molecule has 0 saturated carbocycles. The monoisotopic (exact) mass is 433 g/mol. The minimum absolute atomic E-state index is 0.187. The highest BCUT2D eigenvalue weighted by atomic mass is 16.5. The zero-order valence-corrected chi connectivity index (χ0v) is 19.1. The fourth-order valence-electron chi connectivity index (χ4n) is 4.44. The Balaban J connectivity index is 1.50. The molecule has 3 rings (SSSR count). The number of nitrogens with zero attached hydrogens (tertiary/aromatic N) is 3. The highest BCUT2D eigenvalue weighted by Gasteiger charge is 2.25. The molecule has 0 aromatic carbocycles. The number of methoxy groups -OCH3 is 1. The van der Waals surface area contributed by atoms with Crippen LogP contribution in [0.15, 0.2) is 27.8 Å². The Morgan fingerprint density at radius 3 is 2.84 bits per heavy atom. The van der Waals surface area contributed by atoms with Crippen molar-refractivity contribution in [2.75, 3.05) is 53.0 Å². The molecule has 0 radical (unpaired) electrons. The van der Waals surface area contributed by atoms with Crippen LogP contribution >= 0.6 is 0 Å². The van der Waals surface area contributed by atoms with Crippen LogP contribution in [0.25, 0.3) is 0 Å². The zero-order chi connectivity index (χ0) is 21.9. The summed E-state index contributed by atoms with van der Waals surface area (Å²) in [6, 6.07) is 4.78. The van der Waals surface area contributed by atoms with E-state index in [1.165, 1.54) is 19.4 Å². The molecule has 3 heterocycles. The van der Waals surface area contributed by atoms with Gasteiger partial charge in [0.1, 0.15) is 5.76 Å². The van der Waals surface area contributed by atoms with Gasteiger partial charge >= 0.3 is 0 Å². The molecule has 2 N–H and O–H groups in total. The van der Waals surface area contributed by atoms with Gasteiger partial charge in [-0.15, -0.1) is 0 Å². The molecule has 174 valence electrons. The van der Waals surface area contributed by atoms with Crippen molar-refractivity contribution in [1.29, 1.82) is 0 Å². The number of carbonyl (C=O) groups is 1. The van der Waals surface area contributed by atoms with Crippen molar-refractivity contribution < 1.29 is 13.9 Å². The van der Waals surface area contributed by atoms with Crippen molar-refractivity contribution in [2.45, 2.75) is 57.5 Å². The lowest BCUT2D eigenvalue weighted by Crippen LogP contribution is -2.50. The summed E-state index contributed by atoms with van der Waals surface area (Å²) in [7, 11) is 1.63. The molecular formula is C23H39N5O3. The van der Waals surface area contributed by atoms with Gasteiger partial charge in [0, 0.05) is 45.2 Å². The number of hydrogen-bond donors (Lipinski definition) is 2. The van der Waals surface area contributed by atoms with Crippen molar-refractivity contribution in [2.24, 2.45) is 4.99 Å². The Kier molecular flexibility index (Phi) is 9.68. The van der Waals surface area contributed by atoms with Crippen LogP contribution in [0, 0.1) is 0 Å². The van der Waals surface area contributed by atoms with Crippen molar-refractivity contribution in [1.82, 2.24) is 20.4 Å². The van der Waals surface area contributed by atoms with Crippen molar-refractivity contribution in [3.05, 3.63) is 24.2 Å². The van der Waals surface area contributed by atoms with E-state index in [4.69, 9.17) is 14.1 Å². The molecule has 1 atom stereocenters. The first kappa shape index (κ1) is 23.6. The third kappa shape index (κ3) is 7.54. The number of aliphatic imine (C=N–C) groups is 1. The van der Waals surface area contributed by atoms with Gasteiger partial charge in [0.2, 0.25) is 5.91 Å². The molecule has 31 heavy (non-hydrogen) atoms. The predicted molar refractivity (Wildman–Crippen MR) is 122 cm³/mol. The number of furan rings is 1. The molecule has 2 fully saturated rings. The average Bonchev–Trinajstić information content (AvgIpc) is 3.48. The van der Waals surface area contributed by atoms with Crippen LogP contribution in [0.5, 0.6) is 0 Å². The van der Waals surface area contributed by atoms with E-state index in [0.717, 1.165) is 63.7 Å². The van der Waals surface area contributed by atoms with E-state index >= 15 is 0 Å². The molecule has 1 aromatic heterocycles. The first-order valence-corrected chi connectivity index (χ1v) is 11.8. The largest absolute Gasteiger partial charge is 0.469 e. The van der Waals surface area contributed by atoms with E-state index in [9.17, 15) is 4.79 Å². The first-order valence-electron chi connectivity index (χ1n) is 11.8. The lowest BCUT2D eigenvalue weighted by molar-refractivity contribution is -0.133. The van der Waals surface area contributed by atoms with Gasteiger partial charge in [0.15, 0.2) is 5.96 Å². The quantitative estimate of drug-likeness (QED) is 0.433. The van der Waals surface area contributed by atoms with Crippen LogP contribution in [0.3, 0.4) is 0 Å². The van der Waals surface area contributed by atoms with Gasteiger partial charge in [-0.3, -0.25) is 14.7 Å². The number of amides is 1. The van der Waals surface area contributed by atoms with Crippen LogP contribution in [0.1, 0.15) is 44.8 Å². The van der Waals surface area contributed by atoms with Crippen molar-refractivity contribution in [3.63, 3.8) is 0 Å². The Morgan fingerprint density at radius 1 is 1.29 bits per heavy atom. The number of rotatable bonds is 10. The van der Waals surface area contributed by atoms with Crippen LogP contribution in [0.4, 0.5) is 0 Å². The summed E-state index contributed by atoms with van der Waals surface area (Å²) >= 11 is 0. The van der Waals surface area contributed by atoms with Crippen molar-refractivity contribution >= 4 is 11.9 Å². The van der Waals surface area contributed by atoms with Crippen LogP contribution in [-0.4, -0.2) is 86.7 Å². The summed E-state index contributed by atoms with van der Waals surface area (Å²) in [4.78, 5) is 21.6. The average molecular weight is 434 g/mol. The van der Waals surface area contributed by atoms with Crippen LogP contribution in [0.2, 0.25) is 0 Å². The maximum absolute atomic E-state index is 12.2. The maximum atomic E-state index is 12.2. The zero-order valence-electron chi connectivity index (χ0n) is 19.1. The van der Waals surface area contributed by atoms with Gasteiger partial charge in [-0.1, -0.05) is 6.92 Å². The minimum Gasteiger partial charge on any atom is -0.469 e. The topological polar surface area (TPSA) is 82.3 Å². The molecule has 2 aliphatic heterocycles. The number of hydrogen-bond acceptors (Lipinski definition) is 5. The van der Waals surface area contributed by atoms with Gasteiger partial charge in [-0.25, -0.2) is 0 Å². The highest BCUT2D eigenvalue weighted by Crippen LogP contribution is 2.17. The Labute approximate surface area is 186 Å². The standard InChI is InChI=1S/C23H39N5O3/c1-3-27-13-4-6-20(27)18-25-23(24-12-8-21-7-5-16-31-21)26-19-9-14-28(15-10-19)22(29)11-17-30-2/h5,7,16,19-20H,3-4,6,8-15,17-18H2,1-2H3,(H2,24,25,26). The van der Waals surface area contributed by atoms with Gasteiger partial charge in [-0.05, 0) is 50.9 Å². The van der Waals surface area contributed by atoms with E-state index in [0.29, 0.717) is 25.1 Å². The second kappa shape index (κ2) is 12.7. The number of piperidine rings is 1. The third-order valence-corrected chi connectivity index (χ3v) is 6.32. The molecule has 0 aliphatic carbocycles. The van der Waals surface area contributed by atoms with E-state index in [1.807, 2.05) is 17.0 Å². The molecule has 2 saturated heterocycles. The number of likely N-dealkylation sites (tertiary alicyclic amines) is 2. The van der Waals surface area contributed by atoms with Crippen LogP contribution < -0.4 is 10.6 Å². The molecule has 8 nitrogen and oxygen atoms in total. The smallest absolute Gasteiger partial charge is 0.224 e. The highest BCUT2D eigenvalue weighted by molar-refractivity contribution is 5.80. The van der Waals surface area contributed by atoms with Gasteiger partial charge < -0.3 is 24.7 Å².